The van der Waals surface area contributed by atoms with Gasteiger partial charge in [-0.25, -0.2) is 0 Å². The maximum atomic E-state index is 10.6. The maximum Gasteiger partial charge on any atom is 0.192 e. The van der Waals surface area contributed by atoms with Gasteiger partial charge in [-0.1, -0.05) is 63.2 Å². The molecule has 5 rings (SSSR count). The van der Waals surface area contributed by atoms with Crippen molar-refractivity contribution in [3.63, 3.8) is 0 Å². The van der Waals surface area contributed by atoms with E-state index < -0.39 is 25.8 Å². The normalized spacial score (nSPS) is 32.5. The monoisotopic (exact) mass is 642 g/mol. The second kappa shape index (κ2) is 13.4. The molecule has 3 heterocycles. The fourth-order valence-corrected chi connectivity index (χ4v) is 8.00. The van der Waals surface area contributed by atoms with Crippen LogP contribution in [-0.2, 0) is 41.3 Å². The molecule has 0 saturated carbocycles. The van der Waals surface area contributed by atoms with Crippen molar-refractivity contribution in [2.45, 2.75) is 133 Å². The smallest absolute Gasteiger partial charge is 0.192 e. The second-order valence-electron chi connectivity index (χ2n) is 15.1. The third-order valence-electron chi connectivity index (χ3n) is 10.4. The molecular weight excluding hydrogens is 588 g/mol. The fraction of sp³-hybridized carbons (Fsp3) is 0.667. The van der Waals surface area contributed by atoms with Crippen LogP contribution >= 0.6 is 0 Å². The molecule has 0 unspecified atom stereocenters. The molecule has 0 spiro atoms. The van der Waals surface area contributed by atoms with Gasteiger partial charge in [0.1, 0.15) is 24.6 Å². The van der Waals surface area contributed by atoms with Gasteiger partial charge in [0.15, 0.2) is 14.1 Å². The number of hydrogen-bond donors (Lipinski definition) is 1. The SMILES string of the molecule is COc1ccc(CO[C@@H](CO)[C@@]2(C)C[C@@H](O[Si](C)(C)C(C)(C)C)[C@@H]([C@H]3C[C@]4(C)CC[C@](COCc5ccccc5)(O3)O4)O2)cc1. The molecule has 8 nitrogen and oxygen atoms in total. The Morgan fingerprint density at radius 2 is 1.62 bits per heavy atom. The number of ether oxygens (including phenoxy) is 6. The Hall–Kier alpha value is -1.82. The molecule has 9 heteroatoms. The van der Waals surface area contributed by atoms with E-state index in [2.05, 4.69) is 52.9 Å². The van der Waals surface area contributed by atoms with Crippen LogP contribution in [0.15, 0.2) is 54.6 Å². The fourth-order valence-electron chi connectivity index (χ4n) is 6.67. The highest BCUT2D eigenvalue weighted by atomic mass is 28.4. The van der Waals surface area contributed by atoms with Crippen LogP contribution in [0.3, 0.4) is 0 Å². The number of methoxy groups -OCH3 is 1. The van der Waals surface area contributed by atoms with Crippen LogP contribution in [0.4, 0.5) is 0 Å². The van der Waals surface area contributed by atoms with Gasteiger partial charge in [-0.3, -0.25) is 0 Å². The predicted octanol–water partition coefficient (Wildman–Crippen LogP) is 6.78. The third kappa shape index (κ3) is 7.84. The number of hydrogen-bond acceptors (Lipinski definition) is 8. The molecule has 250 valence electrons. The zero-order valence-corrected chi connectivity index (χ0v) is 29.5. The molecule has 3 saturated heterocycles. The van der Waals surface area contributed by atoms with Crippen molar-refractivity contribution < 1.29 is 38.0 Å². The number of aliphatic hydroxyl groups excluding tert-OH is 1. The summed E-state index contributed by atoms with van der Waals surface area (Å²) in [6.07, 6.45) is 1.56. The van der Waals surface area contributed by atoms with E-state index in [4.69, 9.17) is 32.8 Å². The summed E-state index contributed by atoms with van der Waals surface area (Å²) in [6.45, 7) is 16.5. The molecule has 3 aliphatic rings. The first-order chi connectivity index (χ1) is 21.2. The largest absolute Gasteiger partial charge is 0.497 e. The Bertz CT molecular complexity index is 1250. The van der Waals surface area contributed by atoms with Crippen molar-refractivity contribution in [2.24, 2.45) is 0 Å². The quantitative estimate of drug-likeness (QED) is 0.240. The molecule has 2 aromatic carbocycles. The summed E-state index contributed by atoms with van der Waals surface area (Å²) in [4.78, 5) is 0. The summed E-state index contributed by atoms with van der Waals surface area (Å²) in [7, 11) is -0.533. The minimum absolute atomic E-state index is 0.0197. The molecule has 2 bridgehead atoms. The van der Waals surface area contributed by atoms with Gasteiger partial charge in [0.05, 0.1) is 50.3 Å². The van der Waals surface area contributed by atoms with Gasteiger partial charge in [0.2, 0.25) is 0 Å². The lowest BCUT2D eigenvalue weighted by Crippen LogP contribution is -2.56. The third-order valence-corrected chi connectivity index (χ3v) is 14.9. The Morgan fingerprint density at radius 3 is 2.27 bits per heavy atom. The van der Waals surface area contributed by atoms with E-state index >= 15 is 0 Å². The van der Waals surface area contributed by atoms with Crippen molar-refractivity contribution in [3.05, 3.63) is 65.7 Å². The van der Waals surface area contributed by atoms with Gasteiger partial charge < -0.3 is 38.0 Å². The van der Waals surface area contributed by atoms with Crippen molar-refractivity contribution in [3.8, 4) is 5.75 Å². The van der Waals surface area contributed by atoms with Gasteiger partial charge in [0.25, 0.3) is 0 Å². The van der Waals surface area contributed by atoms with Crippen LogP contribution in [0.25, 0.3) is 0 Å². The number of aliphatic hydroxyl groups is 1. The Labute approximate surface area is 270 Å². The van der Waals surface area contributed by atoms with Gasteiger partial charge in [-0.2, -0.15) is 0 Å². The maximum absolute atomic E-state index is 10.6. The highest BCUT2D eigenvalue weighted by Gasteiger charge is 2.61. The molecular formula is C36H54O8Si. The van der Waals surface area contributed by atoms with Crippen LogP contribution in [0.1, 0.15) is 71.4 Å². The molecule has 3 fully saturated rings. The van der Waals surface area contributed by atoms with Crippen molar-refractivity contribution in [1.29, 1.82) is 0 Å². The highest BCUT2D eigenvalue weighted by Crippen LogP contribution is 2.51. The molecule has 1 N–H and O–H groups in total. The van der Waals surface area contributed by atoms with E-state index in [9.17, 15) is 5.11 Å². The van der Waals surface area contributed by atoms with E-state index in [1.807, 2.05) is 49.4 Å². The highest BCUT2D eigenvalue weighted by molar-refractivity contribution is 6.74. The van der Waals surface area contributed by atoms with Crippen LogP contribution in [0, 0.1) is 0 Å². The van der Waals surface area contributed by atoms with Crippen LogP contribution in [0.5, 0.6) is 5.75 Å². The van der Waals surface area contributed by atoms with Gasteiger partial charge in [-0.15, -0.1) is 0 Å². The predicted molar refractivity (Wildman–Crippen MR) is 176 cm³/mol. The van der Waals surface area contributed by atoms with E-state index in [0.717, 1.165) is 29.7 Å². The number of fused-ring (bicyclic) bond motifs is 2. The van der Waals surface area contributed by atoms with Crippen LogP contribution in [0.2, 0.25) is 18.1 Å². The van der Waals surface area contributed by atoms with Gasteiger partial charge >= 0.3 is 0 Å². The average Bonchev–Trinajstić information content (AvgIpc) is 3.45. The zero-order chi connectivity index (χ0) is 32.5. The summed E-state index contributed by atoms with van der Waals surface area (Å²) < 4.78 is 45.5. The second-order valence-corrected chi connectivity index (χ2v) is 19.9. The summed E-state index contributed by atoms with van der Waals surface area (Å²) in [6, 6.07) is 17.9. The zero-order valence-electron chi connectivity index (χ0n) is 28.5. The molecule has 45 heavy (non-hydrogen) atoms. The lowest BCUT2D eigenvalue weighted by atomic mass is 9.90. The molecule has 0 aliphatic carbocycles. The van der Waals surface area contributed by atoms with Crippen molar-refractivity contribution in [2.75, 3.05) is 20.3 Å². The minimum atomic E-state index is -2.18. The molecule has 0 radical (unpaired) electrons. The molecule has 0 amide bonds. The molecule has 3 aliphatic heterocycles. The van der Waals surface area contributed by atoms with E-state index in [-0.39, 0.29) is 35.6 Å². The molecule has 2 aromatic rings. The summed E-state index contributed by atoms with van der Waals surface area (Å²) in [5.41, 5.74) is 0.988. The first kappa shape index (κ1) is 34.5. The van der Waals surface area contributed by atoms with Crippen LogP contribution < -0.4 is 4.74 Å². The lowest BCUT2D eigenvalue weighted by molar-refractivity contribution is -0.343. The first-order valence-electron chi connectivity index (χ1n) is 16.4. The minimum Gasteiger partial charge on any atom is -0.497 e. The van der Waals surface area contributed by atoms with Crippen molar-refractivity contribution >= 4 is 8.32 Å². The first-order valence-corrected chi connectivity index (χ1v) is 19.3. The number of benzene rings is 2. The van der Waals surface area contributed by atoms with Crippen LogP contribution in [-0.4, -0.2) is 75.2 Å². The van der Waals surface area contributed by atoms with Gasteiger partial charge in [-0.05, 0) is 61.7 Å². The average molecular weight is 643 g/mol. The summed E-state index contributed by atoms with van der Waals surface area (Å²) in [5.74, 6) is -0.0447. The lowest BCUT2D eigenvalue weighted by Gasteiger charge is -2.46. The van der Waals surface area contributed by atoms with E-state index in [1.54, 1.807) is 7.11 Å². The Morgan fingerprint density at radius 1 is 0.933 bits per heavy atom. The van der Waals surface area contributed by atoms with Crippen molar-refractivity contribution in [1.82, 2.24) is 0 Å². The molecule has 7 atom stereocenters. The molecule has 0 aromatic heterocycles. The Balaban J connectivity index is 1.35. The van der Waals surface area contributed by atoms with E-state index in [0.29, 0.717) is 32.7 Å². The topological polar surface area (TPSA) is 84.8 Å². The number of rotatable bonds is 13. The van der Waals surface area contributed by atoms with E-state index in [1.165, 1.54) is 0 Å². The van der Waals surface area contributed by atoms with Gasteiger partial charge in [0, 0.05) is 19.3 Å². The summed E-state index contributed by atoms with van der Waals surface area (Å²) in [5, 5.41) is 10.6. The standard InChI is InChI=1S/C36H54O8Si/c1-33(2,3)45(7,8)43-30-21-35(5,31(22-37)40-24-27-14-16-28(38-6)17-15-27)42-32(30)29-20-34(4)18-19-36(41-29,44-34)25-39-23-26-12-10-9-11-13-26/h9-17,29-32,37H,18-25H2,1-8H3/t29-,30-,31+,32-,34+,35-,36+/m1/s1. The Kier molecular flexibility index (Phi) is 10.2. The summed E-state index contributed by atoms with van der Waals surface area (Å²) >= 11 is 0.